The molecular weight excluding hydrogens is 448 g/mol. The van der Waals surface area contributed by atoms with Gasteiger partial charge in [-0.15, -0.1) is 0 Å². The molecule has 0 amide bonds. The Morgan fingerprint density at radius 2 is 0.917 bits per heavy atom. The predicted octanol–water partition coefficient (Wildman–Crippen LogP) is 9.83. The number of ether oxygens (including phenoxy) is 2. The smallest absolute Gasteiger partial charge is 0.308 e. The Balaban J connectivity index is 4.76. The molecule has 0 unspecified atom stereocenters. The van der Waals surface area contributed by atoms with Gasteiger partial charge in [0, 0.05) is 13.8 Å². The molecule has 4 nitrogen and oxygen atoms in total. The largest absolute Gasteiger partial charge is 0.423 e. The van der Waals surface area contributed by atoms with Gasteiger partial charge in [-0.25, -0.2) is 0 Å². The maximum absolute atomic E-state index is 11.6. The molecule has 0 aliphatic carbocycles. The Labute approximate surface area is 221 Å². The Morgan fingerprint density at radius 1 is 0.500 bits per heavy atom. The van der Waals surface area contributed by atoms with Crippen molar-refractivity contribution in [2.75, 3.05) is 0 Å². The van der Waals surface area contributed by atoms with Crippen LogP contribution in [-0.4, -0.2) is 11.9 Å². The second kappa shape index (κ2) is 25.7. The Hall–Kier alpha value is -2.36. The van der Waals surface area contributed by atoms with Gasteiger partial charge in [0.05, 0.1) is 0 Å². The fraction of sp³-hybridized carbons (Fsp3) is 0.625. The van der Waals surface area contributed by atoms with Crippen molar-refractivity contribution >= 4 is 11.9 Å². The first-order valence-corrected chi connectivity index (χ1v) is 14.3. The van der Waals surface area contributed by atoms with Gasteiger partial charge < -0.3 is 9.47 Å². The molecule has 0 bridgehead atoms. The number of carbonyl (C=O) groups is 2. The quantitative estimate of drug-likeness (QED) is 0.0642. The van der Waals surface area contributed by atoms with Crippen LogP contribution in [0.15, 0.2) is 60.1 Å². The van der Waals surface area contributed by atoms with E-state index in [0.717, 1.165) is 19.3 Å². The molecule has 0 fully saturated rings. The number of carbonyl (C=O) groups excluding carboxylic acids is 2. The van der Waals surface area contributed by atoms with Crippen molar-refractivity contribution in [3.8, 4) is 0 Å². The second-order valence-electron chi connectivity index (χ2n) is 9.31. The summed E-state index contributed by atoms with van der Waals surface area (Å²) in [7, 11) is 0. The van der Waals surface area contributed by atoms with Crippen molar-refractivity contribution < 1.29 is 19.1 Å². The summed E-state index contributed by atoms with van der Waals surface area (Å²) in [5.74, 6) is -0.433. The SMILES string of the molecule is CCCCCCCC/C=C/C=C/C=C/C(OC(C)=O)=C(\C=C\CCCCCCCCCC)OC(C)=O. The predicted molar refractivity (Wildman–Crippen MR) is 152 cm³/mol. The highest BCUT2D eigenvalue weighted by Crippen LogP contribution is 2.15. The molecule has 0 aromatic heterocycles. The highest BCUT2D eigenvalue weighted by molar-refractivity contribution is 5.70. The second-order valence-corrected chi connectivity index (χ2v) is 9.31. The van der Waals surface area contributed by atoms with E-state index in [-0.39, 0.29) is 11.5 Å². The molecule has 0 rings (SSSR count). The van der Waals surface area contributed by atoms with Gasteiger partial charge in [-0.1, -0.05) is 127 Å². The monoisotopic (exact) mass is 500 g/mol. The number of hydrogen-bond donors (Lipinski definition) is 0. The van der Waals surface area contributed by atoms with E-state index in [1.165, 1.54) is 97.3 Å². The summed E-state index contributed by atoms with van der Waals surface area (Å²) in [5.41, 5.74) is 0. The Bertz CT molecular complexity index is 710. The molecule has 4 heteroatoms. The van der Waals surface area contributed by atoms with E-state index >= 15 is 0 Å². The molecule has 0 atom stereocenters. The number of hydrogen-bond acceptors (Lipinski definition) is 4. The fourth-order valence-electron chi connectivity index (χ4n) is 3.72. The molecule has 0 N–H and O–H groups in total. The molecule has 0 saturated carbocycles. The first-order chi connectivity index (χ1) is 17.5. The van der Waals surface area contributed by atoms with Crippen LogP contribution in [0.25, 0.3) is 0 Å². The minimum atomic E-state index is -0.460. The average molecular weight is 501 g/mol. The van der Waals surface area contributed by atoms with Gasteiger partial charge in [0.1, 0.15) is 0 Å². The van der Waals surface area contributed by atoms with Crippen LogP contribution in [0.3, 0.4) is 0 Å². The lowest BCUT2D eigenvalue weighted by molar-refractivity contribution is -0.140. The molecule has 36 heavy (non-hydrogen) atoms. The molecule has 0 aromatic rings. The number of esters is 2. The van der Waals surface area contributed by atoms with Crippen molar-refractivity contribution in [3.63, 3.8) is 0 Å². The summed E-state index contributed by atoms with van der Waals surface area (Å²) in [6.45, 7) is 7.15. The number of rotatable bonds is 22. The molecule has 0 heterocycles. The highest BCUT2D eigenvalue weighted by Gasteiger charge is 2.09. The fourth-order valence-corrected chi connectivity index (χ4v) is 3.72. The summed E-state index contributed by atoms with van der Waals surface area (Å²) in [6, 6.07) is 0. The van der Waals surface area contributed by atoms with Gasteiger partial charge in [-0.2, -0.15) is 0 Å². The number of allylic oxidation sites excluding steroid dienone is 8. The minimum Gasteiger partial charge on any atom is -0.423 e. The van der Waals surface area contributed by atoms with Crippen molar-refractivity contribution in [1.29, 1.82) is 0 Å². The molecular formula is C32H52O4. The van der Waals surface area contributed by atoms with Crippen LogP contribution < -0.4 is 0 Å². The first kappa shape index (κ1) is 33.6. The third-order valence-electron chi connectivity index (χ3n) is 5.69. The average Bonchev–Trinajstić information content (AvgIpc) is 2.84. The lowest BCUT2D eigenvalue weighted by Crippen LogP contribution is -2.05. The van der Waals surface area contributed by atoms with Crippen molar-refractivity contribution in [2.45, 2.75) is 130 Å². The van der Waals surface area contributed by atoms with E-state index in [2.05, 4.69) is 19.9 Å². The van der Waals surface area contributed by atoms with Crippen LogP contribution >= 0.6 is 0 Å². The zero-order valence-electron chi connectivity index (χ0n) is 23.6. The van der Waals surface area contributed by atoms with Crippen LogP contribution in [0.4, 0.5) is 0 Å². The van der Waals surface area contributed by atoms with E-state index < -0.39 is 11.9 Å². The molecule has 0 aliphatic rings. The third kappa shape index (κ3) is 23.4. The number of unbranched alkanes of at least 4 members (excludes halogenated alkanes) is 14. The zero-order chi connectivity index (χ0) is 26.7. The Kier molecular flexibility index (Phi) is 24.0. The summed E-state index contributed by atoms with van der Waals surface area (Å²) in [6.07, 6.45) is 35.0. The van der Waals surface area contributed by atoms with Crippen molar-refractivity contribution in [1.82, 2.24) is 0 Å². The molecule has 0 aliphatic heterocycles. The van der Waals surface area contributed by atoms with Gasteiger partial charge in [0.25, 0.3) is 0 Å². The summed E-state index contributed by atoms with van der Waals surface area (Å²) in [5, 5.41) is 0. The van der Waals surface area contributed by atoms with E-state index in [1.807, 2.05) is 24.3 Å². The Morgan fingerprint density at radius 3 is 1.42 bits per heavy atom. The van der Waals surface area contributed by atoms with E-state index in [4.69, 9.17) is 9.47 Å². The van der Waals surface area contributed by atoms with Crippen LogP contribution in [-0.2, 0) is 19.1 Å². The van der Waals surface area contributed by atoms with Crippen LogP contribution in [0, 0.1) is 0 Å². The summed E-state index contributed by atoms with van der Waals surface area (Å²) < 4.78 is 10.7. The maximum atomic E-state index is 11.6. The van der Waals surface area contributed by atoms with Crippen LogP contribution in [0.5, 0.6) is 0 Å². The summed E-state index contributed by atoms with van der Waals surface area (Å²) in [4.78, 5) is 23.2. The lowest BCUT2D eigenvalue weighted by Gasteiger charge is -2.08. The van der Waals surface area contributed by atoms with E-state index in [1.54, 1.807) is 18.2 Å². The van der Waals surface area contributed by atoms with Gasteiger partial charge in [0.15, 0.2) is 11.5 Å². The molecule has 0 spiro atoms. The first-order valence-electron chi connectivity index (χ1n) is 14.3. The van der Waals surface area contributed by atoms with E-state index in [0.29, 0.717) is 0 Å². The van der Waals surface area contributed by atoms with Crippen LogP contribution in [0.2, 0.25) is 0 Å². The summed E-state index contributed by atoms with van der Waals surface area (Å²) >= 11 is 0. The standard InChI is InChI=1S/C32H52O4/c1-5-7-9-11-13-15-17-18-20-22-24-26-28-32(36-30(4)34)31(35-29(3)33)27-25-23-21-19-16-14-12-10-8-6-2/h18,20,22,24-28H,5-17,19,21,23H2,1-4H3/b20-18+,24-22+,27-25+,28-26+,32-31-. The minimum absolute atomic E-state index is 0.227. The lowest BCUT2D eigenvalue weighted by atomic mass is 10.1. The van der Waals surface area contributed by atoms with Gasteiger partial charge in [0.2, 0.25) is 0 Å². The topological polar surface area (TPSA) is 52.6 Å². The van der Waals surface area contributed by atoms with Crippen molar-refractivity contribution in [3.05, 3.63) is 60.1 Å². The molecule has 0 aromatic carbocycles. The van der Waals surface area contributed by atoms with Gasteiger partial charge in [-0.3, -0.25) is 9.59 Å². The normalized spacial score (nSPS) is 12.8. The molecule has 204 valence electrons. The zero-order valence-corrected chi connectivity index (χ0v) is 23.6. The van der Waals surface area contributed by atoms with Gasteiger partial charge >= 0.3 is 11.9 Å². The highest BCUT2D eigenvalue weighted by atomic mass is 16.6. The van der Waals surface area contributed by atoms with Crippen LogP contribution in [0.1, 0.15) is 130 Å². The van der Waals surface area contributed by atoms with E-state index in [9.17, 15) is 9.59 Å². The molecule has 0 radical (unpaired) electrons. The van der Waals surface area contributed by atoms with Crippen molar-refractivity contribution in [2.24, 2.45) is 0 Å². The molecule has 0 saturated heterocycles. The van der Waals surface area contributed by atoms with Gasteiger partial charge in [-0.05, 0) is 37.8 Å². The third-order valence-corrected chi connectivity index (χ3v) is 5.69. The maximum Gasteiger partial charge on any atom is 0.308 e.